The fraction of sp³-hybridized carbons (Fsp3) is 0.400. The molecule has 0 saturated heterocycles. The maximum Gasteiger partial charge on any atom is 0.408 e. The van der Waals surface area contributed by atoms with Gasteiger partial charge in [0.25, 0.3) is 0 Å². The van der Waals surface area contributed by atoms with Gasteiger partial charge in [-0.2, -0.15) is 4.98 Å². The molecule has 3 aromatic rings. The average Bonchev–Trinajstić information content (AvgIpc) is 2.85. The van der Waals surface area contributed by atoms with Crippen LogP contribution in [0.15, 0.2) is 48.9 Å². The Morgan fingerprint density at radius 2 is 1.73 bits per heavy atom. The lowest BCUT2D eigenvalue weighted by molar-refractivity contribution is -0.155. The van der Waals surface area contributed by atoms with Crippen LogP contribution in [0.1, 0.15) is 52.8 Å². The first-order valence-corrected chi connectivity index (χ1v) is 13.1. The molecule has 216 valence electrons. The Labute approximate surface area is 241 Å². The number of carbonyl (C=O) groups is 2. The predicted octanol–water partition coefficient (Wildman–Crippen LogP) is 4.33. The zero-order chi connectivity index (χ0) is 30.0. The molecule has 0 atom stereocenters. The second-order valence-electron chi connectivity index (χ2n) is 11.3. The van der Waals surface area contributed by atoms with Crippen molar-refractivity contribution in [2.24, 2.45) is 0 Å². The number of ether oxygens (including phenoxy) is 2. The van der Waals surface area contributed by atoms with Gasteiger partial charge in [-0.25, -0.2) is 19.7 Å². The fourth-order valence-electron chi connectivity index (χ4n) is 3.54. The molecule has 2 N–H and O–H groups in total. The van der Waals surface area contributed by atoms with E-state index in [9.17, 15) is 9.59 Å². The SMILES string of the molecule is CN(CC(=O)OC(C)(C)C)Cc1cccc(Nc2ncnc(-c3ccnc(C#CCNC(=O)OC(C)(C)C)c3)n2)c1. The molecule has 0 unspecified atom stereocenters. The van der Waals surface area contributed by atoms with Crippen molar-refractivity contribution in [1.29, 1.82) is 0 Å². The van der Waals surface area contributed by atoms with Gasteiger partial charge in [-0.3, -0.25) is 9.69 Å². The molecule has 1 amide bonds. The predicted molar refractivity (Wildman–Crippen MR) is 156 cm³/mol. The minimum Gasteiger partial charge on any atom is -0.459 e. The normalized spacial score (nSPS) is 11.3. The van der Waals surface area contributed by atoms with Crippen molar-refractivity contribution in [3.8, 4) is 23.2 Å². The molecule has 2 aromatic heterocycles. The number of pyridine rings is 1. The lowest BCUT2D eigenvalue weighted by Crippen LogP contribution is -2.32. The molecule has 41 heavy (non-hydrogen) atoms. The van der Waals surface area contributed by atoms with Gasteiger partial charge in [-0.15, -0.1) is 0 Å². The van der Waals surface area contributed by atoms with E-state index in [1.807, 2.05) is 57.0 Å². The van der Waals surface area contributed by atoms with Gasteiger partial charge in [0, 0.05) is 24.0 Å². The lowest BCUT2D eigenvalue weighted by Gasteiger charge is -2.22. The summed E-state index contributed by atoms with van der Waals surface area (Å²) in [7, 11) is 1.87. The van der Waals surface area contributed by atoms with E-state index in [0.717, 1.165) is 11.3 Å². The summed E-state index contributed by atoms with van der Waals surface area (Å²) in [6.07, 6.45) is 2.52. The minimum absolute atomic E-state index is 0.122. The van der Waals surface area contributed by atoms with E-state index in [2.05, 4.69) is 42.4 Å². The van der Waals surface area contributed by atoms with Crippen molar-refractivity contribution in [3.63, 3.8) is 0 Å². The molecular formula is C30H37N7O4. The third kappa shape index (κ3) is 11.6. The molecule has 0 spiro atoms. The number of hydrogen-bond acceptors (Lipinski definition) is 10. The second kappa shape index (κ2) is 13.7. The summed E-state index contributed by atoms with van der Waals surface area (Å²) in [4.78, 5) is 43.1. The van der Waals surface area contributed by atoms with E-state index < -0.39 is 17.3 Å². The molecule has 0 bridgehead atoms. The van der Waals surface area contributed by atoms with Crippen LogP contribution in [0.3, 0.4) is 0 Å². The number of hydrogen-bond donors (Lipinski definition) is 2. The highest BCUT2D eigenvalue weighted by atomic mass is 16.6. The van der Waals surface area contributed by atoms with Crippen LogP contribution < -0.4 is 10.6 Å². The number of carbonyl (C=O) groups excluding carboxylic acids is 2. The zero-order valence-corrected chi connectivity index (χ0v) is 24.6. The van der Waals surface area contributed by atoms with Gasteiger partial charge >= 0.3 is 12.1 Å². The Morgan fingerprint density at radius 3 is 2.46 bits per heavy atom. The van der Waals surface area contributed by atoms with Gasteiger partial charge in [0.1, 0.15) is 23.2 Å². The van der Waals surface area contributed by atoms with Crippen LogP contribution in [-0.4, -0.2) is 68.2 Å². The molecule has 11 heteroatoms. The number of aromatic nitrogens is 4. The molecule has 0 fully saturated rings. The quantitative estimate of drug-likeness (QED) is 0.304. The fourth-order valence-corrected chi connectivity index (χ4v) is 3.54. The monoisotopic (exact) mass is 559 g/mol. The van der Waals surface area contributed by atoms with Crippen LogP contribution in [0, 0.1) is 11.8 Å². The van der Waals surface area contributed by atoms with Gasteiger partial charge < -0.3 is 20.1 Å². The largest absolute Gasteiger partial charge is 0.459 e. The van der Waals surface area contributed by atoms with Crippen LogP contribution in [0.5, 0.6) is 0 Å². The lowest BCUT2D eigenvalue weighted by atomic mass is 10.2. The highest BCUT2D eigenvalue weighted by Crippen LogP contribution is 2.19. The van der Waals surface area contributed by atoms with Gasteiger partial charge in [0.15, 0.2) is 5.82 Å². The summed E-state index contributed by atoms with van der Waals surface area (Å²) >= 11 is 0. The van der Waals surface area contributed by atoms with Gasteiger partial charge in [-0.1, -0.05) is 18.1 Å². The number of likely N-dealkylation sites (N-methyl/N-ethyl adjacent to an activating group) is 1. The highest BCUT2D eigenvalue weighted by Gasteiger charge is 2.18. The van der Waals surface area contributed by atoms with Crippen molar-refractivity contribution >= 4 is 23.7 Å². The maximum atomic E-state index is 12.1. The van der Waals surface area contributed by atoms with Gasteiger partial charge in [-0.05, 0) is 84.3 Å². The first-order chi connectivity index (χ1) is 19.3. The van der Waals surface area contributed by atoms with E-state index >= 15 is 0 Å². The molecule has 1 aromatic carbocycles. The number of nitrogens with one attached hydrogen (secondary N) is 2. The van der Waals surface area contributed by atoms with Gasteiger partial charge in [0.05, 0.1) is 13.1 Å². The number of rotatable bonds is 8. The van der Waals surface area contributed by atoms with E-state index in [1.54, 1.807) is 39.1 Å². The number of esters is 1. The molecule has 0 saturated carbocycles. The first-order valence-electron chi connectivity index (χ1n) is 13.1. The van der Waals surface area contributed by atoms with Crippen molar-refractivity contribution in [2.45, 2.75) is 59.3 Å². The topological polar surface area (TPSA) is 131 Å². The van der Waals surface area contributed by atoms with Crippen LogP contribution in [0.4, 0.5) is 16.4 Å². The van der Waals surface area contributed by atoms with Crippen molar-refractivity contribution < 1.29 is 19.1 Å². The highest BCUT2D eigenvalue weighted by molar-refractivity contribution is 5.72. The molecule has 0 aliphatic carbocycles. The molecule has 0 radical (unpaired) electrons. The molecule has 0 aliphatic heterocycles. The Balaban J connectivity index is 1.62. The van der Waals surface area contributed by atoms with E-state index in [4.69, 9.17) is 9.47 Å². The number of nitrogens with zero attached hydrogens (tertiary/aromatic N) is 5. The first kappa shape index (κ1) is 31.0. The summed E-state index contributed by atoms with van der Waals surface area (Å²) in [5.74, 6) is 6.34. The number of alkyl carbamates (subject to hydrolysis) is 1. The second-order valence-corrected chi connectivity index (χ2v) is 11.3. The summed E-state index contributed by atoms with van der Waals surface area (Å²) in [6.45, 7) is 11.8. The van der Waals surface area contributed by atoms with Crippen molar-refractivity contribution in [2.75, 3.05) is 25.5 Å². The molecule has 2 heterocycles. The van der Waals surface area contributed by atoms with Crippen molar-refractivity contribution in [1.82, 2.24) is 30.2 Å². The zero-order valence-electron chi connectivity index (χ0n) is 24.6. The summed E-state index contributed by atoms with van der Waals surface area (Å²) < 4.78 is 10.6. The number of benzene rings is 1. The maximum absolute atomic E-state index is 12.1. The average molecular weight is 560 g/mol. The molecule has 3 rings (SSSR count). The summed E-state index contributed by atoms with van der Waals surface area (Å²) in [5, 5.41) is 5.80. The third-order valence-electron chi connectivity index (χ3n) is 4.98. The van der Waals surface area contributed by atoms with E-state index in [1.165, 1.54) is 6.33 Å². The molecule has 0 aliphatic rings. The summed E-state index contributed by atoms with van der Waals surface area (Å²) in [5.41, 5.74) is 1.93. The summed E-state index contributed by atoms with van der Waals surface area (Å²) in [6, 6.07) is 11.3. The number of anilines is 2. The Hall–Kier alpha value is -4.56. The Kier molecular flexibility index (Phi) is 10.3. The molecular weight excluding hydrogens is 522 g/mol. The van der Waals surface area contributed by atoms with E-state index in [0.29, 0.717) is 29.6 Å². The van der Waals surface area contributed by atoms with Crippen LogP contribution >= 0.6 is 0 Å². The van der Waals surface area contributed by atoms with Crippen molar-refractivity contribution in [3.05, 3.63) is 60.2 Å². The third-order valence-corrected chi connectivity index (χ3v) is 4.98. The Bertz CT molecular complexity index is 1420. The number of amides is 1. The minimum atomic E-state index is -0.575. The smallest absolute Gasteiger partial charge is 0.408 e. The van der Waals surface area contributed by atoms with Crippen LogP contribution in [0.25, 0.3) is 11.4 Å². The van der Waals surface area contributed by atoms with Crippen LogP contribution in [-0.2, 0) is 20.8 Å². The van der Waals surface area contributed by atoms with E-state index in [-0.39, 0.29) is 19.1 Å². The Morgan fingerprint density at radius 1 is 0.976 bits per heavy atom. The standard InChI is InChI=1S/C30H37N7O4/c1-29(2,3)40-25(38)19-37(7)18-21-10-8-11-24(16-21)35-27-34-20-33-26(36-27)22-13-15-31-23(17-22)12-9-14-32-28(39)41-30(4,5)6/h8,10-11,13,15-17,20H,14,18-19H2,1-7H3,(H,32,39)(H,33,34,35,36). The van der Waals surface area contributed by atoms with Crippen LogP contribution in [0.2, 0.25) is 0 Å². The molecule has 11 nitrogen and oxygen atoms in total. The van der Waals surface area contributed by atoms with Gasteiger partial charge in [0.2, 0.25) is 5.95 Å².